The van der Waals surface area contributed by atoms with E-state index in [-0.39, 0.29) is 18.1 Å². The number of nitrogens with one attached hydrogen (secondary N) is 1. The number of aryl methyl sites for hydroxylation is 1. The highest BCUT2D eigenvalue weighted by Gasteiger charge is 2.13. The highest BCUT2D eigenvalue weighted by Crippen LogP contribution is 2.18. The number of nitro benzene ring substituents is 1. The molecular weight excluding hydrogens is 288 g/mol. The topological polar surface area (TPSA) is 97.1 Å². The fourth-order valence-electron chi connectivity index (χ4n) is 2.08. The largest absolute Gasteiger partial charge is 0.379 e. The van der Waals surface area contributed by atoms with Gasteiger partial charge in [-0.2, -0.15) is 5.10 Å². The quantitative estimate of drug-likeness (QED) is 0.490. The minimum Gasteiger partial charge on any atom is -0.379 e. The Labute approximate surface area is 127 Å². The van der Waals surface area contributed by atoms with E-state index < -0.39 is 4.92 Å². The molecule has 0 spiro atoms. The summed E-state index contributed by atoms with van der Waals surface area (Å²) in [5.74, 6) is -0.222. The zero-order valence-electron chi connectivity index (χ0n) is 12.3. The van der Waals surface area contributed by atoms with E-state index in [1.54, 1.807) is 19.1 Å². The van der Waals surface area contributed by atoms with Crippen LogP contribution in [0.25, 0.3) is 0 Å². The van der Waals surface area contributed by atoms with Crippen molar-refractivity contribution < 1.29 is 14.5 Å². The van der Waals surface area contributed by atoms with Crippen LogP contribution in [0, 0.1) is 17.0 Å². The average molecular weight is 306 g/mol. The number of carbonyl (C=O) groups excluding carboxylic acids is 1. The Morgan fingerprint density at radius 2 is 2.23 bits per heavy atom. The third kappa shape index (κ3) is 4.61. The van der Waals surface area contributed by atoms with Gasteiger partial charge in [-0.3, -0.25) is 19.8 Å². The Hall–Kier alpha value is -2.32. The van der Waals surface area contributed by atoms with E-state index in [9.17, 15) is 14.9 Å². The van der Waals surface area contributed by atoms with Gasteiger partial charge >= 0.3 is 0 Å². The number of benzene rings is 1. The molecule has 8 nitrogen and oxygen atoms in total. The van der Waals surface area contributed by atoms with Crippen molar-refractivity contribution in [2.75, 3.05) is 32.8 Å². The van der Waals surface area contributed by atoms with Gasteiger partial charge in [-0.1, -0.05) is 12.1 Å². The van der Waals surface area contributed by atoms with Crippen LogP contribution in [0.1, 0.15) is 11.1 Å². The van der Waals surface area contributed by atoms with Crippen molar-refractivity contribution in [3.8, 4) is 0 Å². The predicted molar refractivity (Wildman–Crippen MR) is 80.8 cm³/mol. The first-order valence-electron chi connectivity index (χ1n) is 6.93. The molecule has 0 aliphatic carbocycles. The van der Waals surface area contributed by atoms with Crippen LogP contribution in [-0.4, -0.2) is 54.8 Å². The number of hydrazone groups is 1. The fourth-order valence-corrected chi connectivity index (χ4v) is 2.08. The van der Waals surface area contributed by atoms with Crippen molar-refractivity contribution in [3.05, 3.63) is 39.4 Å². The van der Waals surface area contributed by atoms with Gasteiger partial charge in [0.15, 0.2) is 0 Å². The Morgan fingerprint density at radius 3 is 2.91 bits per heavy atom. The number of hydrogen-bond donors (Lipinski definition) is 1. The molecule has 1 saturated heterocycles. The van der Waals surface area contributed by atoms with E-state index in [4.69, 9.17) is 4.74 Å². The van der Waals surface area contributed by atoms with Crippen molar-refractivity contribution in [1.29, 1.82) is 0 Å². The molecule has 0 bridgehead atoms. The third-order valence-corrected chi connectivity index (χ3v) is 3.30. The van der Waals surface area contributed by atoms with E-state index in [0.29, 0.717) is 24.3 Å². The number of hydrogen-bond acceptors (Lipinski definition) is 6. The molecule has 1 amide bonds. The van der Waals surface area contributed by atoms with Gasteiger partial charge in [0.05, 0.1) is 30.9 Å². The third-order valence-electron chi connectivity index (χ3n) is 3.30. The van der Waals surface area contributed by atoms with Crippen molar-refractivity contribution in [3.63, 3.8) is 0 Å². The van der Waals surface area contributed by atoms with E-state index in [1.807, 2.05) is 4.90 Å². The lowest BCUT2D eigenvalue weighted by molar-refractivity contribution is -0.385. The number of rotatable bonds is 5. The summed E-state index contributed by atoms with van der Waals surface area (Å²) >= 11 is 0. The Bertz CT molecular complexity index is 582. The molecule has 0 radical (unpaired) electrons. The van der Waals surface area contributed by atoms with Gasteiger partial charge in [-0.05, 0) is 6.92 Å². The number of ether oxygens (including phenoxy) is 1. The van der Waals surface area contributed by atoms with Crippen molar-refractivity contribution in [1.82, 2.24) is 10.3 Å². The maximum absolute atomic E-state index is 11.7. The first-order chi connectivity index (χ1) is 10.6. The molecular formula is C14H18N4O4. The Morgan fingerprint density at radius 1 is 1.50 bits per heavy atom. The van der Waals surface area contributed by atoms with E-state index in [1.165, 1.54) is 12.3 Å². The zero-order valence-corrected chi connectivity index (χ0v) is 12.3. The van der Waals surface area contributed by atoms with E-state index in [0.717, 1.165) is 13.1 Å². The predicted octanol–water partition coefficient (Wildman–Crippen LogP) is 0.686. The fraction of sp³-hybridized carbons (Fsp3) is 0.429. The highest BCUT2D eigenvalue weighted by molar-refractivity contribution is 5.83. The van der Waals surface area contributed by atoms with Crippen molar-refractivity contribution in [2.45, 2.75) is 6.92 Å². The maximum atomic E-state index is 11.7. The molecule has 0 atom stereocenters. The van der Waals surface area contributed by atoms with Gasteiger partial charge < -0.3 is 4.74 Å². The lowest BCUT2D eigenvalue weighted by atomic mass is 10.1. The monoisotopic (exact) mass is 306 g/mol. The molecule has 1 heterocycles. The zero-order chi connectivity index (χ0) is 15.9. The minimum atomic E-state index is -0.441. The Kier molecular flexibility index (Phi) is 5.56. The van der Waals surface area contributed by atoms with Gasteiger partial charge in [0.25, 0.3) is 11.6 Å². The molecule has 0 unspecified atom stereocenters. The van der Waals surface area contributed by atoms with Crippen LogP contribution in [0.5, 0.6) is 0 Å². The summed E-state index contributed by atoms with van der Waals surface area (Å²) in [5.41, 5.74) is 3.59. The maximum Gasteiger partial charge on any atom is 0.272 e. The summed E-state index contributed by atoms with van der Waals surface area (Å²) in [7, 11) is 0. The van der Waals surface area contributed by atoms with Gasteiger partial charge in [0.1, 0.15) is 0 Å². The summed E-state index contributed by atoms with van der Waals surface area (Å²) < 4.78 is 5.20. The van der Waals surface area contributed by atoms with Crippen molar-refractivity contribution in [2.24, 2.45) is 5.10 Å². The second kappa shape index (κ2) is 7.62. The van der Waals surface area contributed by atoms with Gasteiger partial charge in [0.2, 0.25) is 0 Å². The second-order valence-electron chi connectivity index (χ2n) is 4.98. The minimum absolute atomic E-state index is 0.0311. The lowest BCUT2D eigenvalue weighted by Gasteiger charge is -2.25. The average Bonchev–Trinajstić information content (AvgIpc) is 2.49. The van der Waals surface area contributed by atoms with E-state index in [2.05, 4.69) is 10.5 Å². The molecule has 22 heavy (non-hydrogen) atoms. The van der Waals surface area contributed by atoms with Crippen LogP contribution in [0.4, 0.5) is 5.69 Å². The SMILES string of the molecule is Cc1ccc(/C=N/NC(=O)CN2CCOCC2)cc1[N+](=O)[O-]. The van der Waals surface area contributed by atoms with E-state index >= 15 is 0 Å². The molecule has 1 aliphatic rings. The van der Waals surface area contributed by atoms with Crippen LogP contribution >= 0.6 is 0 Å². The molecule has 2 rings (SSSR count). The lowest BCUT2D eigenvalue weighted by Crippen LogP contribution is -2.42. The van der Waals surface area contributed by atoms with Crippen LogP contribution < -0.4 is 5.43 Å². The van der Waals surface area contributed by atoms with Crippen LogP contribution in [-0.2, 0) is 9.53 Å². The van der Waals surface area contributed by atoms with Gasteiger partial charge in [0, 0.05) is 30.3 Å². The first-order valence-corrected chi connectivity index (χ1v) is 6.93. The number of nitrogens with zero attached hydrogens (tertiary/aromatic N) is 3. The number of amides is 1. The van der Waals surface area contributed by atoms with Crippen LogP contribution in [0.15, 0.2) is 23.3 Å². The molecule has 118 valence electrons. The molecule has 1 aromatic carbocycles. The Balaban J connectivity index is 1.87. The molecule has 0 saturated carbocycles. The molecule has 1 aromatic rings. The molecule has 0 aromatic heterocycles. The van der Waals surface area contributed by atoms with Gasteiger partial charge in [-0.25, -0.2) is 5.43 Å². The van der Waals surface area contributed by atoms with Crippen LogP contribution in [0.2, 0.25) is 0 Å². The second-order valence-corrected chi connectivity index (χ2v) is 4.98. The van der Waals surface area contributed by atoms with Crippen LogP contribution in [0.3, 0.4) is 0 Å². The summed E-state index contributed by atoms with van der Waals surface area (Å²) in [4.78, 5) is 24.1. The summed E-state index contributed by atoms with van der Waals surface area (Å²) in [6, 6.07) is 4.78. The highest BCUT2D eigenvalue weighted by atomic mass is 16.6. The van der Waals surface area contributed by atoms with Gasteiger partial charge in [-0.15, -0.1) is 0 Å². The normalized spacial score (nSPS) is 15.9. The summed E-state index contributed by atoms with van der Waals surface area (Å²) in [6.45, 7) is 4.63. The number of morpholine rings is 1. The molecule has 1 fully saturated rings. The summed E-state index contributed by atoms with van der Waals surface area (Å²) in [5, 5.41) is 14.7. The number of carbonyl (C=O) groups is 1. The molecule has 1 N–H and O–H groups in total. The molecule has 1 aliphatic heterocycles. The smallest absolute Gasteiger partial charge is 0.272 e. The first kappa shape index (κ1) is 16.1. The molecule has 8 heteroatoms. The number of nitro groups is 1. The van der Waals surface area contributed by atoms with Crippen molar-refractivity contribution >= 4 is 17.8 Å². The summed E-state index contributed by atoms with van der Waals surface area (Å²) in [6.07, 6.45) is 1.39. The standard InChI is InChI=1S/C14H18N4O4/c1-11-2-3-12(8-13(11)18(20)21)9-15-16-14(19)10-17-4-6-22-7-5-17/h2-3,8-9H,4-7,10H2,1H3,(H,16,19)/b15-9+.